The topological polar surface area (TPSA) is 300 Å². The second-order valence-corrected chi connectivity index (χ2v) is 18.3. The third-order valence-corrected chi connectivity index (χ3v) is 12.2. The van der Waals surface area contributed by atoms with Gasteiger partial charge in [-0.25, -0.2) is 0 Å². The summed E-state index contributed by atoms with van der Waals surface area (Å²) in [6.45, 7) is 9.03. The monoisotopic (exact) mass is 988 g/mol. The van der Waals surface area contributed by atoms with Crippen LogP contribution in [-0.2, 0) is 67.1 Å². The van der Waals surface area contributed by atoms with Crippen LogP contribution in [-0.4, -0.2) is 171 Å². The first kappa shape index (κ1) is 59.0. The fourth-order valence-electron chi connectivity index (χ4n) is 6.97. The van der Waals surface area contributed by atoms with Crippen LogP contribution in [0.3, 0.4) is 0 Å². The van der Waals surface area contributed by atoms with Crippen molar-refractivity contribution in [1.82, 2.24) is 40.9 Å². The number of nitrogens with one attached hydrogen (secondary N) is 4. The molecule has 0 aromatic heterocycles. The van der Waals surface area contributed by atoms with E-state index in [2.05, 4.69) is 33.9 Å². The number of nitrogens with zero attached hydrogens (tertiary/aromatic N) is 4. The van der Waals surface area contributed by atoms with E-state index in [-0.39, 0.29) is 120 Å². The highest BCUT2D eigenvalue weighted by atomic mass is 32.1. The zero-order valence-electron chi connectivity index (χ0n) is 40.8. The first-order valence-electron chi connectivity index (χ1n) is 23.1. The Bertz CT molecular complexity index is 2030. The van der Waals surface area contributed by atoms with E-state index >= 15 is 0 Å². The van der Waals surface area contributed by atoms with Crippen LogP contribution in [0, 0.1) is 11.8 Å². The second-order valence-electron chi connectivity index (χ2n) is 17.7. The molecule has 0 saturated carbocycles. The molecule has 1 saturated heterocycles. The van der Waals surface area contributed by atoms with E-state index in [1.165, 1.54) is 51.3 Å². The number of rotatable bonds is 31. The summed E-state index contributed by atoms with van der Waals surface area (Å²) in [6.07, 6.45) is 1.78. The lowest BCUT2D eigenvalue weighted by Gasteiger charge is -2.23. The molecule has 2 rings (SSSR count). The molecule has 22 nitrogen and oxygen atoms in total. The van der Waals surface area contributed by atoms with Crippen molar-refractivity contribution in [2.75, 3.05) is 40.3 Å². The summed E-state index contributed by atoms with van der Waals surface area (Å²) >= 11 is 4.04. The summed E-state index contributed by atoms with van der Waals surface area (Å²) in [5, 5.41) is 9.44. The van der Waals surface area contributed by atoms with Crippen molar-refractivity contribution >= 4 is 94.8 Å². The van der Waals surface area contributed by atoms with Gasteiger partial charge in [0.1, 0.15) is 0 Å². The standard InChI is InChI=1S/C46H68N8O14S/c1-26(23-34(57)30(5)47-37(59)17-19-53-41(63)15-16-42(53)64)44(66)49-28(3)32(55)11-9-13-39(61)51(7)21-22-52(8)40(62)14-10-12-33(56)29(4)50-45(67)27(2)24-35(58)31(6)48-38(60)18-20-54-43(65)25-36(69)46(54)68/h15-16,26-31,36,69H,9-14,17-25H2,1-8H3,(H,47,59)(H,48,60)(H,49,66)(H,50,67). The van der Waals surface area contributed by atoms with Crippen molar-refractivity contribution in [3.8, 4) is 0 Å². The lowest BCUT2D eigenvalue weighted by atomic mass is 9.99. The van der Waals surface area contributed by atoms with Crippen molar-refractivity contribution in [3.63, 3.8) is 0 Å². The van der Waals surface area contributed by atoms with Gasteiger partial charge in [-0.15, -0.1) is 0 Å². The number of likely N-dealkylation sites (N-methyl/N-ethyl adjacent to an activating group) is 2. The van der Waals surface area contributed by atoms with Crippen LogP contribution in [0.15, 0.2) is 12.2 Å². The average molecular weight is 989 g/mol. The molecule has 2 aliphatic rings. The number of Topliss-reactive ketones (excluding diaryl/α,β-unsaturated/α-hetero) is 4. The lowest BCUT2D eigenvalue weighted by Crippen LogP contribution is -2.44. The van der Waals surface area contributed by atoms with Crippen molar-refractivity contribution in [3.05, 3.63) is 12.2 Å². The summed E-state index contributed by atoms with van der Waals surface area (Å²) in [5.41, 5.74) is 0. The van der Waals surface area contributed by atoms with Crippen LogP contribution in [0.2, 0.25) is 0 Å². The van der Waals surface area contributed by atoms with E-state index in [0.29, 0.717) is 0 Å². The van der Waals surface area contributed by atoms with Crippen LogP contribution >= 0.6 is 12.6 Å². The summed E-state index contributed by atoms with van der Waals surface area (Å²) in [4.78, 5) is 178. The molecule has 23 heteroatoms. The van der Waals surface area contributed by atoms with E-state index in [4.69, 9.17) is 0 Å². The van der Waals surface area contributed by atoms with Crippen LogP contribution in [0.25, 0.3) is 0 Å². The molecule has 10 amide bonds. The summed E-state index contributed by atoms with van der Waals surface area (Å²) in [5.74, 6) is -7.83. The molecule has 1 fully saturated rings. The van der Waals surface area contributed by atoms with Crippen LogP contribution in [0.5, 0.6) is 0 Å². The predicted octanol–water partition coefficient (Wildman–Crippen LogP) is -0.646. The zero-order valence-corrected chi connectivity index (χ0v) is 41.6. The Labute approximate surface area is 407 Å². The Morgan fingerprint density at radius 3 is 1.28 bits per heavy atom. The van der Waals surface area contributed by atoms with Gasteiger partial charge in [0.05, 0.1) is 29.4 Å². The van der Waals surface area contributed by atoms with Gasteiger partial charge in [0.15, 0.2) is 23.1 Å². The number of carbonyl (C=O) groups is 14. The van der Waals surface area contributed by atoms with Gasteiger partial charge in [-0.1, -0.05) is 13.8 Å². The molecular formula is C46H68N8O14S. The minimum atomic E-state index is -0.945. The van der Waals surface area contributed by atoms with Gasteiger partial charge in [0.2, 0.25) is 47.3 Å². The number of imide groups is 2. The van der Waals surface area contributed by atoms with Crippen LogP contribution < -0.4 is 21.3 Å². The highest BCUT2D eigenvalue weighted by Gasteiger charge is 2.36. The highest BCUT2D eigenvalue weighted by Crippen LogP contribution is 2.18. The Kier molecular flexibility index (Phi) is 24.3. The van der Waals surface area contributed by atoms with Gasteiger partial charge in [-0.05, 0) is 40.5 Å². The van der Waals surface area contributed by atoms with Crippen molar-refractivity contribution in [2.24, 2.45) is 11.8 Å². The smallest absolute Gasteiger partial charge is 0.253 e. The number of hydrogen-bond donors (Lipinski definition) is 5. The third-order valence-electron chi connectivity index (χ3n) is 11.8. The SMILES string of the molecule is CC(CC(=O)C(C)NC(=O)CCN1C(=O)C=CC1=O)C(=O)NC(C)C(=O)CCCC(=O)N(C)CCN(C)C(=O)CCCC(=O)C(C)NC(=O)C(C)CC(=O)C(C)NC(=O)CCN1C(=O)CC(S)C1=O. The minimum absolute atomic E-state index is 0.00410. The van der Waals surface area contributed by atoms with Crippen molar-refractivity contribution < 1.29 is 67.1 Å². The summed E-state index contributed by atoms with van der Waals surface area (Å²) in [7, 11) is 3.12. The fourth-order valence-corrected chi connectivity index (χ4v) is 7.27. The zero-order chi connectivity index (χ0) is 52.3. The molecule has 0 aliphatic carbocycles. The Morgan fingerprint density at radius 2 is 0.913 bits per heavy atom. The molecule has 382 valence electrons. The summed E-state index contributed by atoms with van der Waals surface area (Å²) < 4.78 is 0. The van der Waals surface area contributed by atoms with Gasteiger partial charge >= 0.3 is 0 Å². The number of likely N-dealkylation sites (tertiary alicyclic amines) is 1. The van der Waals surface area contributed by atoms with Gasteiger partial charge in [-0.3, -0.25) is 76.9 Å². The summed E-state index contributed by atoms with van der Waals surface area (Å²) in [6, 6.07) is -3.67. The molecule has 4 N–H and O–H groups in total. The molecule has 2 aliphatic heterocycles. The van der Waals surface area contributed by atoms with Gasteiger partial charge in [0, 0.05) is 122 Å². The lowest BCUT2D eigenvalue weighted by molar-refractivity contribution is -0.140. The number of hydrogen-bond acceptors (Lipinski definition) is 15. The van der Waals surface area contributed by atoms with Crippen molar-refractivity contribution in [2.45, 2.75) is 142 Å². The molecule has 7 atom stereocenters. The number of ketones is 4. The molecule has 0 bridgehead atoms. The van der Waals surface area contributed by atoms with E-state index in [9.17, 15) is 67.1 Å². The maximum Gasteiger partial charge on any atom is 0.253 e. The normalized spacial score (nSPS) is 17.0. The molecule has 0 spiro atoms. The maximum atomic E-state index is 12.8. The molecule has 0 aromatic carbocycles. The molecule has 7 unspecified atom stereocenters. The van der Waals surface area contributed by atoms with Gasteiger partial charge in [0.25, 0.3) is 11.8 Å². The molecule has 0 aromatic rings. The Balaban J connectivity index is 1.61. The fraction of sp³-hybridized carbons (Fsp3) is 0.652. The third kappa shape index (κ3) is 19.8. The minimum Gasteiger partial charge on any atom is -0.347 e. The Morgan fingerprint density at radius 1 is 0.551 bits per heavy atom. The molecular weight excluding hydrogens is 921 g/mol. The van der Waals surface area contributed by atoms with E-state index in [0.717, 1.165) is 22.0 Å². The molecule has 0 radical (unpaired) electrons. The highest BCUT2D eigenvalue weighted by molar-refractivity contribution is 7.81. The predicted molar refractivity (Wildman–Crippen MR) is 250 cm³/mol. The number of amides is 10. The first-order chi connectivity index (χ1) is 32.2. The maximum absolute atomic E-state index is 12.8. The number of carbonyl (C=O) groups excluding carboxylic acids is 14. The Hall–Kier alpha value is -6.13. The number of thiol groups is 1. The quantitative estimate of drug-likeness (QED) is 0.0427. The second kappa shape index (κ2) is 28.4. The average Bonchev–Trinajstić information content (AvgIpc) is 3.74. The van der Waals surface area contributed by atoms with Gasteiger partial charge < -0.3 is 31.1 Å². The van der Waals surface area contributed by atoms with E-state index in [1.54, 1.807) is 14.1 Å². The molecule has 69 heavy (non-hydrogen) atoms. The molecule has 2 heterocycles. The van der Waals surface area contributed by atoms with Crippen molar-refractivity contribution in [1.29, 1.82) is 0 Å². The van der Waals surface area contributed by atoms with Gasteiger partial charge in [-0.2, -0.15) is 12.6 Å². The van der Waals surface area contributed by atoms with E-state index in [1.807, 2.05) is 0 Å². The van der Waals surface area contributed by atoms with Crippen LogP contribution in [0.1, 0.15) is 112 Å². The van der Waals surface area contributed by atoms with E-state index < -0.39 is 100 Å². The largest absolute Gasteiger partial charge is 0.347 e. The first-order valence-corrected chi connectivity index (χ1v) is 23.6. The van der Waals surface area contributed by atoms with Crippen LogP contribution in [0.4, 0.5) is 0 Å².